The van der Waals surface area contributed by atoms with Crippen LogP contribution in [0.25, 0.3) is 0 Å². The minimum absolute atomic E-state index is 0.112. The first-order valence-electron chi connectivity index (χ1n) is 10.4. The van der Waals surface area contributed by atoms with Crippen LogP contribution >= 0.6 is 0 Å². The number of fused-ring (bicyclic) bond motifs is 1. The Bertz CT molecular complexity index is 892. The van der Waals surface area contributed by atoms with Crippen molar-refractivity contribution in [2.45, 2.75) is 38.8 Å². The first kappa shape index (κ1) is 19.8. The third-order valence-electron chi connectivity index (χ3n) is 6.17. The molecule has 0 saturated heterocycles. The molecular formula is C24H30N2O3. The lowest BCUT2D eigenvalue weighted by atomic mass is 9.91. The molecule has 5 nitrogen and oxygen atoms in total. The van der Waals surface area contributed by atoms with Crippen molar-refractivity contribution in [1.29, 1.82) is 0 Å². The minimum Gasteiger partial charge on any atom is -0.493 e. The summed E-state index contributed by atoms with van der Waals surface area (Å²) in [5, 5.41) is 3.20. The lowest BCUT2D eigenvalue weighted by molar-refractivity contribution is -0.122. The van der Waals surface area contributed by atoms with E-state index in [1.54, 1.807) is 14.2 Å². The fourth-order valence-corrected chi connectivity index (χ4v) is 4.20. The number of ether oxygens (including phenoxy) is 2. The van der Waals surface area contributed by atoms with Gasteiger partial charge in [-0.05, 0) is 60.6 Å². The zero-order valence-electron chi connectivity index (χ0n) is 17.5. The van der Waals surface area contributed by atoms with E-state index in [0.29, 0.717) is 6.54 Å². The molecule has 0 radical (unpaired) electrons. The largest absolute Gasteiger partial charge is 0.493 e. The first-order valence-corrected chi connectivity index (χ1v) is 10.4. The molecule has 2 aromatic carbocycles. The van der Waals surface area contributed by atoms with Crippen molar-refractivity contribution in [3.05, 3.63) is 58.7 Å². The molecule has 1 atom stereocenters. The highest BCUT2D eigenvalue weighted by Gasteiger charge is 2.33. The summed E-state index contributed by atoms with van der Waals surface area (Å²) in [6.45, 7) is 4.58. The third-order valence-corrected chi connectivity index (χ3v) is 6.17. The number of benzene rings is 2. The number of carbonyl (C=O) groups excluding carboxylic acids is 1. The maximum absolute atomic E-state index is 12.3. The number of nitrogens with one attached hydrogen (secondary N) is 1. The minimum atomic E-state index is 0.112. The second-order valence-corrected chi connectivity index (χ2v) is 8.09. The third kappa shape index (κ3) is 4.25. The van der Waals surface area contributed by atoms with Crippen molar-refractivity contribution in [2.75, 3.05) is 27.3 Å². The molecule has 0 unspecified atom stereocenters. The van der Waals surface area contributed by atoms with Gasteiger partial charge in [0.1, 0.15) is 0 Å². The fraction of sp³-hybridized carbons (Fsp3) is 0.458. The second-order valence-electron chi connectivity index (χ2n) is 8.09. The molecule has 0 spiro atoms. The number of rotatable bonds is 7. The normalized spacial score (nSPS) is 18.8. The molecule has 1 fully saturated rings. The number of hydrogen-bond donors (Lipinski definition) is 1. The van der Waals surface area contributed by atoms with Crippen LogP contribution in [-0.2, 0) is 17.8 Å². The number of methoxy groups -OCH3 is 2. The fourth-order valence-electron chi connectivity index (χ4n) is 4.20. The molecule has 1 saturated carbocycles. The van der Waals surface area contributed by atoms with E-state index in [2.05, 4.69) is 53.5 Å². The Balaban J connectivity index is 1.64. The van der Waals surface area contributed by atoms with Gasteiger partial charge in [-0.25, -0.2) is 0 Å². The smallest absolute Gasteiger partial charge is 0.223 e. The van der Waals surface area contributed by atoms with Gasteiger partial charge in [-0.3, -0.25) is 9.69 Å². The first-order chi connectivity index (χ1) is 14.1. The number of nitrogens with zero attached hydrogens (tertiary/aromatic N) is 1. The van der Waals surface area contributed by atoms with Gasteiger partial charge < -0.3 is 14.8 Å². The Hall–Kier alpha value is -2.53. The van der Waals surface area contributed by atoms with Gasteiger partial charge in [-0.15, -0.1) is 0 Å². The topological polar surface area (TPSA) is 50.8 Å². The molecule has 2 aromatic rings. The van der Waals surface area contributed by atoms with Gasteiger partial charge in [-0.2, -0.15) is 0 Å². The van der Waals surface area contributed by atoms with E-state index in [-0.39, 0.29) is 17.9 Å². The number of amides is 1. The Morgan fingerprint density at radius 2 is 1.86 bits per heavy atom. The predicted octanol–water partition coefficient (Wildman–Crippen LogP) is 3.64. The highest BCUT2D eigenvalue weighted by Crippen LogP contribution is 2.39. The predicted molar refractivity (Wildman–Crippen MR) is 113 cm³/mol. The van der Waals surface area contributed by atoms with Crippen LogP contribution in [0.3, 0.4) is 0 Å². The van der Waals surface area contributed by atoms with Crippen molar-refractivity contribution in [3.8, 4) is 11.5 Å². The summed E-state index contributed by atoms with van der Waals surface area (Å²) in [5.41, 5.74) is 5.12. The number of hydrogen-bond acceptors (Lipinski definition) is 4. The number of aryl methyl sites for hydroxylation is 1. The van der Waals surface area contributed by atoms with Gasteiger partial charge in [0.05, 0.1) is 20.3 Å². The van der Waals surface area contributed by atoms with Crippen molar-refractivity contribution >= 4 is 5.91 Å². The monoisotopic (exact) mass is 394 g/mol. The van der Waals surface area contributed by atoms with Crippen molar-refractivity contribution in [2.24, 2.45) is 5.92 Å². The van der Waals surface area contributed by atoms with Gasteiger partial charge >= 0.3 is 0 Å². The molecule has 29 heavy (non-hydrogen) atoms. The van der Waals surface area contributed by atoms with E-state index >= 15 is 0 Å². The zero-order valence-corrected chi connectivity index (χ0v) is 17.5. The van der Waals surface area contributed by atoms with Crippen LogP contribution < -0.4 is 14.8 Å². The summed E-state index contributed by atoms with van der Waals surface area (Å²) >= 11 is 0. The Morgan fingerprint density at radius 3 is 2.55 bits per heavy atom. The van der Waals surface area contributed by atoms with Crippen LogP contribution in [0.15, 0.2) is 36.4 Å². The van der Waals surface area contributed by atoms with Crippen molar-refractivity contribution in [1.82, 2.24) is 10.2 Å². The van der Waals surface area contributed by atoms with E-state index < -0.39 is 0 Å². The molecule has 2 aliphatic rings. The lowest BCUT2D eigenvalue weighted by Gasteiger charge is -2.38. The molecule has 5 heteroatoms. The van der Waals surface area contributed by atoms with Crippen LogP contribution in [0.2, 0.25) is 0 Å². The van der Waals surface area contributed by atoms with Crippen LogP contribution in [-0.4, -0.2) is 38.1 Å². The summed E-state index contributed by atoms with van der Waals surface area (Å²) in [6, 6.07) is 12.8. The van der Waals surface area contributed by atoms with Crippen molar-refractivity contribution in [3.63, 3.8) is 0 Å². The molecule has 1 aliphatic heterocycles. The summed E-state index contributed by atoms with van der Waals surface area (Å²) in [6.07, 6.45) is 2.99. The van der Waals surface area contributed by atoms with Crippen LogP contribution in [0.4, 0.5) is 0 Å². The molecular weight excluding hydrogens is 364 g/mol. The van der Waals surface area contributed by atoms with Crippen LogP contribution in [0, 0.1) is 12.8 Å². The van der Waals surface area contributed by atoms with E-state index in [9.17, 15) is 4.79 Å². The average Bonchev–Trinajstić information content (AvgIpc) is 3.58. The molecule has 0 aromatic heterocycles. The maximum Gasteiger partial charge on any atom is 0.223 e. The molecule has 0 bridgehead atoms. The van der Waals surface area contributed by atoms with Crippen molar-refractivity contribution < 1.29 is 14.3 Å². The Kier molecular flexibility index (Phi) is 5.76. The number of carbonyl (C=O) groups is 1. The molecule has 1 aliphatic carbocycles. The van der Waals surface area contributed by atoms with E-state index in [1.165, 1.54) is 22.3 Å². The van der Waals surface area contributed by atoms with E-state index in [0.717, 1.165) is 43.9 Å². The van der Waals surface area contributed by atoms with Gasteiger partial charge in [0, 0.05) is 25.6 Å². The molecule has 1 amide bonds. The zero-order chi connectivity index (χ0) is 20.4. The quantitative estimate of drug-likeness (QED) is 0.779. The summed E-state index contributed by atoms with van der Waals surface area (Å²) < 4.78 is 11.1. The van der Waals surface area contributed by atoms with Gasteiger partial charge in [0.15, 0.2) is 11.5 Å². The molecule has 4 rings (SSSR count). The molecule has 1 N–H and O–H groups in total. The molecule has 1 heterocycles. The SMILES string of the molecule is COc1cc2c(cc1OC)[C@@H](CNC(=O)C1CC1)N(Cc1ccccc1C)CC2. The van der Waals surface area contributed by atoms with Crippen LogP contribution in [0.1, 0.15) is 41.1 Å². The van der Waals surface area contributed by atoms with E-state index in [1.807, 2.05) is 0 Å². The van der Waals surface area contributed by atoms with Gasteiger partial charge in [0.25, 0.3) is 0 Å². The average molecular weight is 395 g/mol. The standard InChI is InChI=1S/C24H30N2O3/c1-16-6-4-5-7-19(16)15-26-11-10-18-12-22(28-2)23(29-3)13-20(18)21(26)14-25-24(27)17-8-9-17/h4-7,12-13,17,21H,8-11,14-15H2,1-3H3,(H,25,27)/t21-/m1/s1. The summed E-state index contributed by atoms with van der Waals surface area (Å²) in [7, 11) is 3.34. The lowest BCUT2D eigenvalue weighted by Crippen LogP contribution is -2.42. The van der Waals surface area contributed by atoms with E-state index in [4.69, 9.17) is 9.47 Å². The maximum atomic E-state index is 12.3. The summed E-state index contributed by atoms with van der Waals surface area (Å²) in [4.78, 5) is 14.8. The summed E-state index contributed by atoms with van der Waals surface area (Å²) in [5.74, 6) is 1.91. The second kappa shape index (κ2) is 8.46. The van der Waals surface area contributed by atoms with Gasteiger partial charge in [0.2, 0.25) is 5.91 Å². The van der Waals surface area contributed by atoms with Gasteiger partial charge in [-0.1, -0.05) is 24.3 Å². The molecule has 154 valence electrons. The highest BCUT2D eigenvalue weighted by molar-refractivity contribution is 5.80. The highest BCUT2D eigenvalue weighted by atomic mass is 16.5. The van der Waals surface area contributed by atoms with Crippen LogP contribution in [0.5, 0.6) is 11.5 Å². The Labute approximate surface area is 173 Å². The Morgan fingerprint density at radius 1 is 1.14 bits per heavy atom.